The molecule has 1 saturated carbocycles. The number of carbonyl (C=O) groups is 1. The Bertz CT molecular complexity index is 736. The molecule has 1 aromatic carbocycles. The number of aromatic nitrogens is 2. The molecule has 2 aliphatic rings. The summed E-state index contributed by atoms with van der Waals surface area (Å²) in [7, 11) is 0. The molecule has 2 N–H and O–H groups in total. The maximum absolute atomic E-state index is 12.0. The number of fused-ring (bicyclic) bond motifs is 1. The molecule has 0 saturated heterocycles. The lowest BCUT2D eigenvalue weighted by Crippen LogP contribution is -2.45. The van der Waals surface area contributed by atoms with Crippen LogP contribution in [0.5, 0.6) is 0 Å². The third-order valence-electron chi connectivity index (χ3n) is 4.74. The van der Waals surface area contributed by atoms with Crippen molar-refractivity contribution in [2.75, 3.05) is 0 Å². The molecule has 6 nitrogen and oxygen atoms in total. The number of rotatable bonds is 3. The summed E-state index contributed by atoms with van der Waals surface area (Å²) in [5.41, 5.74) is 3.37. The highest BCUT2D eigenvalue weighted by molar-refractivity contribution is 5.75. The smallest absolute Gasteiger partial charge is 0.315 e. The molecular formula is C17H20N4O2. The topological polar surface area (TPSA) is 80.0 Å². The van der Waals surface area contributed by atoms with Crippen LogP contribution in [0.4, 0.5) is 4.79 Å². The lowest BCUT2D eigenvalue weighted by molar-refractivity contribution is 0.224. The molecule has 2 aliphatic carbocycles. The highest BCUT2D eigenvalue weighted by Crippen LogP contribution is 2.34. The minimum Gasteiger partial charge on any atom is -0.335 e. The van der Waals surface area contributed by atoms with Crippen LogP contribution < -0.4 is 10.6 Å². The van der Waals surface area contributed by atoms with E-state index < -0.39 is 0 Å². The van der Waals surface area contributed by atoms with Crippen molar-refractivity contribution in [3.8, 4) is 11.5 Å². The number of aryl methyl sites for hydroxylation is 2. The quantitative estimate of drug-likeness (QED) is 0.913. The standard InChI is InChI=1S/C17H20N4O2/c1-10-18-16(23-21-10)12-5-7-14-11(9-12)6-8-15(14)20-17(22)19-13-3-2-4-13/h5,7,9,13,15H,2-4,6,8H2,1H3,(H2,19,20,22)/t15-/m1/s1. The van der Waals surface area contributed by atoms with Gasteiger partial charge in [-0.05, 0) is 62.3 Å². The first kappa shape index (κ1) is 14.2. The Labute approximate surface area is 134 Å². The summed E-state index contributed by atoms with van der Waals surface area (Å²) in [6.07, 6.45) is 5.29. The van der Waals surface area contributed by atoms with Crippen molar-refractivity contribution in [2.45, 2.75) is 51.1 Å². The molecule has 2 amide bonds. The Morgan fingerprint density at radius 2 is 2.13 bits per heavy atom. The van der Waals surface area contributed by atoms with Gasteiger partial charge in [0.1, 0.15) is 0 Å². The van der Waals surface area contributed by atoms with Gasteiger partial charge in [-0.1, -0.05) is 11.2 Å². The summed E-state index contributed by atoms with van der Waals surface area (Å²) >= 11 is 0. The summed E-state index contributed by atoms with van der Waals surface area (Å²) < 4.78 is 5.22. The average molecular weight is 312 g/mol. The zero-order chi connectivity index (χ0) is 15.8. The number of nitrogens with zero attached hydrogens (tertiary/aromatic N) is 2. The summed E-state index contributed by atoms with van der Waals surface area (Å²) in [6, 6.07) is 6.53. The van der Waals surface area contributed by atoms with Crippen LogP contribution in [0.15, 0.2) is 22.7 Å². The van der Waals surface area contributed by atoms with E-state index in [4.69, 9.17) is 4.52 Å². The summed E-state index contributed by atoms with van der Waals surface area (Å²) in [6.45, 7) is 1.81. The highest BCUT2D eigenvalue weighted by atomic mass is 16.5. The third-order valence-corrected chi connectivity index (χ3v) is 4.74. The van der Waals surface area contributed by atoms with Crippen molar-refractivity contribution in [3.63, 3.8) is 0 Å². The molecule has 1 atom stereocenters. The number of amides is 2. The minimum atomic E-state index is -0.0517. The molecule has 4 rings (SSSR count). The molecule has 0 radical (unpaired) electrons. The Hall–Kier alpha value is -2.37. The Morgan fingerprint density at radius 3 is 2.83 bits per heavy atom. The van der Waals surface area contributed by atoms with Crippen LogP contribution in [0.1, 0.15) is 48.7 Å². The monoisotopic (exact) mass is 312 g/mol. The van der Waals surface area contributed by atoms with E-state index in [9.17, 15) is 4.79 Å². The lowest BCUT2D eigenvalue weighted by Gasteiger charge is -2.27. The second-order valence-corrected chi connectivity index (χ2v) is 6.40. The van der Waals surface area contributed by atoms with Crippen LogP contribution in [0.3, 0.4) is 0 Å². The number of urea groups is 1. The number of hydrogen-bond acceptors (Lipinski definition) is 4. The van der Waals surface area contributed by atoms with Gasteiger partial charge in [0.05, 0.1) is 6.04 Å². The number of hydrogen-bond donors (Lipinski definition) is 2. The van der Waals surface area contributed by atoms with Gasteiger partial charge in [-0.2, -0.15) is 4.98 Å². The van der Waals surface area contributed by atoms with Crippen LogP contribution in [0.25, 0.3) is 11.5 Å². The summed E-state index contributed by atoms with van der Waals surface area (Å²) in [5.74, 6) is 1.18. The minimum absolute atomic E-state index is 0.0517. The first-order valence-corrected chi connectivity index (χ1v) is 8.19. The van der Waals surface area contributed by atoms with Gasteiger partial charge in [0.15, 0.2) is 5.82 Å². The fourth-order valence-electron chi connectivity index (χ4n) is 3.25. The van der Waals surface area contributed by atoms with Crippen LogP contribution in [-0.2, 0) is 6.42 Å². The second kappa shape index (κ2) is 5.68. The zero-order valence-electron chi connectivity index (χ0n) is 13.1. The number of benzene rings is 1. The predicted octanol–water partition coefficient (Wildman–Crippen LogP) is 2.88. The van der Waals surface area contributed by atoms with Crippen molar-refractivity contribution < 1.29 is 9.32 Å². The van der Waals surface area contributed by atoms with Gasteiger partial charge in [0.25, 0.3) is 5.89 Å². The Balaban J connectivity index is 1.47. The van der Waals surface area contributed by atoms with Gasteiger partial charge < -0.3 is 15.2 Å². The molecule has 120 valence electrons. The fourth-order valence-corrected chi connectivity index (χ4v) is 3.25. The summed E-state index contributed by atoms with van der Waals surface area (Å²) in [4.78, 5) is 16.3. The van der Waals surface area contributed by atoms with Crippen molar-refractivity contribution in [1.29, 1.82) is 0 Å². The van der Waals surface area contributed by atoms with Crippen molar-refractivity contribution in [1.82, 2.24) is 20.8 Å². The van der Waals surface area contributed by atoms with E-state index in [2.05, 4.69) is 32.9 Å². The highest BCUT2D eigenvalue weighted by Gasteiger charge is 2.26. The van der Waals surface area contributed by atoms with E-state index in [1.807, 2.05) is 6.07 Å². The normalized spacial score (nSPS) is 20.0. The SMILES string of the molecule is Cc1noc(-c2ccc3c(c2)CC[C@H]3NC(=O)NC2CCC2)n1. The van der Waals surface area contributed by atoms with Crippen LogP contribution in [-0.4, -0.2) is 22.2 Å². The number of nitrogens with one attached hydrogen (secondary N) is 2. The molecular weight excluding hydrogens is 292 g/mol. The van der Waals surface area contributed by atoms with Gasteiger partial charge in [-0.3, -0.25) is 0 Å². The maximum Gasteiger partial charge on any atom is 0.315 e. The van der Waals surface area contributed by atoms with Crippen molar-refractivity contribution in [3.05, 3.63) is 35.2 Å². The van der Waals surface area contributed by atoms with Crippen LogP contribution in [0, 0.1) is 6.92 Å². The largest absolute Gasteiger partial charge is 0.335 e. The Morgan fingerprint density at radius 1 is 1.26 bits per heavy atom. The van der Waals surface area contributed by atoms with Gasteiger partial charge in [0, 0.05) is 11.6 Å². The van der Waals surface area contributed by atoms with Gasteiger partial charge in [-0.25, -0.2) is 4.79 Å². The fraction of sp³-hybridized carbons (Fsp3) is 0.471. The van der Waals surface area contributed by atoms with E-state index in [0.29, 0.717) is 17.8 Å². The van der Waals surface area contributed by atoms with Crippen LogP contribution >= 0.6 is 0 Å². The van der Waals surface area contributed by atoms with Crippen LogP contribution in [0.2, 0.25) is 0 Å². The molecule has 0 unspecified atom stereocenters. The van der Waals surface area contributed by atoms with Crippen molar-refractivity contribution >= 4 is 6.03 Å². The van der Waals surface area contributed by atoms with Crippen molar-refractivity contribution in [2.24, 2.45) is 0 Å². The van der Waals surface area contributed by atoms with E-state index in [1.54, 1.807) is 6.92 Å². The molecule has 0 spiro atoms. The summed E-state index contributed by atoms with van der Waals surface area (Å²) in [5, 5.41) is 9.96. The first-order chi connectivity index (χ1) is 11.2. The lowest BCUT2D eigenvalue weighted by atomic mass is 9.93. The molecule has 1 fully saturated rings. The zero-order valence-corrected chi connectivity index (χ0v) is 13.1. The van der Waals surface area contributed by atoms with Gasteiger partial charge >= 0.3 is 6.03 Å². The average Bonchev–Trinajstić information content (AvgIpc) is 3.09. The van der Waals surface area contributed by atoms with E-state index >= 15 is 0 Å². The maximum atomic E-state index is 12.0. The predicted molar refractivity (Wildman–Crippen MR) is 84.8 cm³/mol. The molecule has 0 bridgehead atoms. The van der Waals surface area contributed by atoms with E-state index in [0.717, 1.165) is 31.2 Å². The third kappa shape index (κ3) is 2.81. The second-order valence-electron chi connectivity index (χ2n) is 6.40. The first-order valence-electron chi connectivity index (χ1n) is 8.19. The number of carbonyl (C=O) groups excluding carboxylic acids is 1. The Kier molecular flexibility index (Phi) is 3.52. The molecule has 1 aromatic heterocycles. The van der Waals surface area contributed by atoms with Gasteiger partial charge in [-0.15, -0.1) is 0 Å². The van der Waals surface area contributed by atoms with E-state index in [1.165, 1.54) is 17.5 Å². The molecule has 1 heterocycles. The molecule has 0 aliphatic heterocycles. The molecule has 2 aromatic rings. The van der Waals surface area contributed by atoms with E-state index in [-0.39, 0.29) is 12.1 Å². The molecule has 23 heavy (non-hydrogen) atoms. The van der Waals surface area contributed by atoms with Gasteiger partial charge in [0.2, 0.25) is 0 Å². The molecule has 6 heteroatoms.